The maximum Gasteiger partial charge on any atom is 0.257 e. The summed E-state index contributed by atoms with van der Waals surface area (Å²) < 4.78 is 0. The molecule has 1 heterocycles. The Morgan fingerprint density at radius 2 is 1.79 bits per heavy atom. The molecular formula is C18H15N3O2S. The molecule has 0 atom stereocenters. The van der Waals surface area contributed by atoms with Crippen LogP contribution in [0.1, 0.15) is 31.2 Å². The van der Waals surface area contributed by atoms with Gasteiger partial charge in [-0.1, -0.05) is 36.4 Å². The number of rotatable bonds is 5. The highest BCUT2D eigenvalue weighted by molar-refractivity contribution is 7.15. The zero-order valence-electron chi connectivity index (χ0n) is 12.7. The van der Waals surface area contributed by atoms with E-state index in [0.29, 0.717) is 16.3 Å². The Morgan fingerprint density at radius 1 is 1.04 bits per heavy atom. The molecule has 1 aromatic heterocycles. The van der Waals surface area contributed by atoms with Gasteiger partial charge in [0.1, 0.15) is 0 Å². The number of carbonyl (C=O) groups is 2. The zero-order valence-corrected chi connectivity index (χ0v) is 13.5. The van der Waals surface area contributed by atoms with Gasteiger partial charge in [-0.3, -0.25) is 14.9 Å². The molecule has 6 heteroatoms. The fourth-order valence-electron chi connectivity index (χ4n) is 2.23. The minimum absolute atomic E-state index is 0.298. The van der Waals surface area contributed by atoms with E-state index in [9.17, 15) is 9.59 Å². The van der Waals surface area contributed by atoms with Crippen molar-refractivity contribution in [2.75, 3.05) is 5.32 Å². The average molecular weight is 337 g/mol. The molecule has 0 radical (unpaired) electrons. The minimum Gasteiger partial charge on any atom is -0.366 e. The van der Waals surface area contributed by atoms with Crippen molar-refractivity contribution < 1.29 is 9.59 Å². The molecule has 0 saturated heterocycles. The summed E-state index contributed by atoms with van der Waals surface area (Å²) in [6.07, 6.45) is 2.53. The van der Waals surface area contributed by atoms with Crippen LogP contribution in [0.2, 0.25) is 0 Å². The number of benzene rings is 2. The molecule has 0 spiro atoms. The number of aromatic nitrogens is 1. The summed E-state index contributed by atoms with van der Waals surface area (Å²) in [5, 5.41) is 3.27. The van der Waals surface area contributed by atoms with E-state index in [1.54, 1.807) is 24.4 Å². The van der Waals surface area contributed by atoms with Gasteiger partial charge < -0.3 is 5.73 Å². The number of nitrogens with one attached hydrogen (secondary N) is 1. The fraction of sp³-hybridized carbons (Fsp3) is 0.0556. The van der Waals surface area contributed by atoms with Crippen molar-refractivity contribution >= 4 is 28.3 Å². The van der Waals surface area contributed by atoms with Crippen LogP contribution in [0.5, 0.6) is 0 Å². The van der Waals surface area contributed by atoms with Crippen molar-refractivity contribution in [1.82, 2.24) is 4.98 Å². The number of amides is 2. The molecule has 2 amide bonds. The van der Waals surface area contributed by atoms with Crippen LogP contribution < -0.4 is 11.1 Å². The SMILES string of the molecule is NC(=O)c1cccc(C(=O)Nc2ncc(Cc3ccccc3)s2)c1. The van der Waals surface area contributed by atoms with E-state index in [-0.39, 0.29) is 5.91 Å². The lowest BCUT2D eigenvalue weighted by Gasteiger charge is -2.03. The molecule has 120 valence electrons. The zero-order chi connectivity index (χ0) is 16.9. The lowest BCUT2D eigenvalue weighted by molar-refractivity contribution is 0.1000. The summed E-state index contributed by atoms with van der Waals surface area (Å²) >= 11 is 1.43. The van der Waals surface area contributed by atoms with Gasteiger partial charge in [-0.05, 0) is 23.8 Å². The Bertz CT molecular complexity index is 875. The molecule has 5 nitrogen and oxygen atoms in total. The van der Waals surface area contributed by atoms with Crippen LogP contribution in [0.15, 0.2) is 60.8 Å². The highest BCUT2D eigenvalue weighted by atomic mass is 32.1. The van der Waals surface area contributed by atoms with Gasteiger partial charge in [0.15, 0.2) is 5.13 Å². The van der Waals surface area contributed by atoms with Crippen LogP contribution in [0.25, 0.3) is 0 Å². The molecule has 2 aromatic carbocycles. The summed E-state index contributed by atoms with van der Waals surface area (Å²) in [4.78, 5) is 28.7. The smallest absolute Gasteiger partial charge is 0.257 e. The predicted octanol–water partition coefficient (Wildman–Crippen LogP) is 3.09. The number of hydrogen-bond donors (Lipinski definition) is 2. The van der Waals surface area contributed by atoms with Crippen LogP contribution >= 0.6 is 11.3 Å². The van der Waals surface area contributed by atoms with Crippen LogP contribution in [-0.4, -0.2) is 16.8 Å². The Balaban J connectivity index is 1.69. The lowest BCUT2D eigenvalue weighted by atomic mass is 10.1. The molecule has 3 N–H and O–H groups in total. The molecule has 3 aromatic rings. The summed E-state index contributed by atoms with van der Waals surface area (Å²) in [5.41, 5.74) is 7.08. The van der Waals surface area contributed by atoms with Gasteiger partial charge in [0.25, 0.3) is 5.91 Å². The minimum atomic E-state index is -0.566. The summed E-state index contributed by atoms with van der Waals surface area (Å²) in [6.45, 7) is 0. The topological polar surface area (TPSA) is 85.1 Å². The van der Waals surface area contributed by atoms with E-state index in [2.05, 4.69) is 10.3 Å². The quantitative estimate of drug-likeness (QED) is 0.750. The third kappa shape index (κ3) is 3.85. The van der Waals surface area contributed by atoms with Crippen molar-refractivity contribution in [3.8, 4) is 0 Å². The normalized spacial score (nSPS) is 10.3. The summed E-state index contributed by atoms with van der Waals surface area (Å²) in [5.74, 6) is -0.886. The first-order valence-electron chi connectivity index (χ1n) is 7.31. The van der Waals surface area contributed by atoms with E-state index in [4.69, 9.17) is 5.73 Å². The molecule has 0 fully saturated rings. The molecule has 0 bridgehead atoms. The lowest BCUT2D eigenvalue weighted by Crippen LogP contribution is -2.15. The van der Waals surface area contributed by atoms with Crippen molar-refractivity contribution in [2.24, 2.45) is 5.73 Å². The van der Waals surface area contributed by atoms with E-state index < -0.39 is 5.91 Å². The highest BCUT2D eigenvalue weighted by Gasteiger charge is 2.11. The molecule has 0 unspecified atom stereocenters. The summed E-state index contributed by atoms with van der Waals surface area (Å²) in [6, 6.07) is 16.3. The second kappa shape index (κ2) is 7.06. The van der Waals surface area contributed by atoms with Crippen LogP contribution in [0.4, 0.5) is 5.13 Å². The second-order valence-corrected chi connectivity index (χ2v) is 6.31. The van der Waals surface area contributed by atoms with Crippen molar-refractivity contribution in [1.29, 1.82) is 0 Å². The van der Waals surface area contributed by atoms with Gasteiger partial charge in [0.05, 0.1) is 0 Å². The van der Waals surface area contributed by atoms with Crippen molar-refractivity contribution in [2.45, 2.75) is 6.42 Å². The van der Waals surface area contributed by atoms with Crippen molar-refractivity contribution in [3.63, 3.8) is 0 Å². The first kappa shape index (κ1) is 15.9. The second-order valence-electron chi connectivity index (χ2n) is 5.19. The number of hydrogen-bond acceptors (Lipinski definition) is 4. The third-order valence-electron chi connectivity index (χ3n) is 3.40. The van der Waals surface area contributed by atoms with Crippen LogP contribution in [0.3, 0.4) is 0 Å². The van der Waals surface area contributed by atoms with Gasteiger partial charge in [0, 0.05) is 28.6 Å². The molecule has 0 aliphatic rings. The Morgan fingerprint density at radius 3 is 2.54 bits per heavy atom. The number of thiazole rings is 1. The number of primary amides is 1. The van der Waals surface area contributed by atoms with E-state index in [1.807, 2.05) is 30.3 Å². The maximum atomic E-state index is 12.3. The standard InChI is InChI=1S/C18H15N3O2S/c19-16(22)13-7-4-8-14(10-13)17(23)21-18-20-11-15(24-18)9-12-5-2-1-3-6-12/h1-8,10-11H,9H2,(H2,19,22)(H,20,21,23). The van der Waals surface area contributed by atoms with E-state index in [1.165, 1.54) is 23.0 Å². The Hall–Kier alpha value is -2.99. The van der Waals surface area contributed by atoms with E-state index >= 15 is 0 Å². The highest BCUT2D eigenvalue weighted by Crippen LogP contribution is 2.21. The first-order chi connectivity index (χ1) is 11.6. The maximum absolute atomic E-state index is 12.3. The largest absolute Gasteiger partial charge is 0.366 e. The first-order valence-corrected chi connectivity index (χ1v) is 8.13. The van der Waals surface area contributed by atoms with Gasteiger partial charge >= 0.3 is 0 Å². The number of anilines is 1. The molecular weight excluding hydrogens is 322 g/mol. The molecule has 0 saturated carbocycles. The Kier molecular flexibility index (Phi) is 4.67. The van der Waals surface area contributed by atoms with Gasteiger partial charge in [-0.15, -0.1) is 11.3 Å². The molecule has 0 aliphatic carbocycles. The monoisotopic (exact) mass is 337 g/mol. The molecule has 24 heavy (non-hydrogen) atoms. The van der Waals surface area contributed by atoms with Gasteiger partial charge in [-0.25, -0.2) is 4.98 Å². The number of nitrogens with zero attached hydrogens (tertiary/aromatic N) is 1. The summed E-state index contributed by atoms with van der Waals surface area (Å²) in [7, 11) is 0. The fourth-order valence-corrected chi connectivity index (χ4v) is 3.07. The van der Waals surface area contributed by atoms with Gasteiger partial charge in [-0.2, -0.15) is 0 Å². The van der Waals surface area contributed by atoms with Crippen LogP contribution in [-0.2, 0) is 6.42 Å². The molecule has 3 rings (SSSR count). The van der Waals surface area contributed by atoms with Crippen molar-refractivity contribution in [3.05, 3.63) is 82.4 Å². The van der Waals surface area contributed by atoms with Gasteiger partial charge in [0.2, 0.25) is 5.91 Å². The Labute approximate surface area is 143 Å². The number of carbonyl (C=O) groups excluding carboxylic acids is 2. The average Bonchev–Trinajstić information content (AvgIpc) is 3.02. The molecule has 0 aliphatic heterocycles. The van der Waals surface area contributed by atoms with Crippen LogP contribution in [0, 0.1) is 0 Å². The number of nitrogens with two attached hydrogens (primary N) is 1. The third-order valence-corrected chi connectivity index (χ3v) is 4.32. The van der Waals surface area contributed by atoms with E-state index in [0.717, 1.165) is 11.3 Å². The predicted molar refractivity (Wildman–Crippen MR) is 94.3 cm³/mol.